The van der Waals surface area contributed by atoms with Crippen molar-refractivity contribution in [2.45, 2.75) is 57.0 Å². The fourth-order valence-corrected chi connectivity index (χ4v) is 4.88. The Morgan fingerprint density at radius 2 is 2.03 bits per heavy atom. The second-order valence-corrected chi connectivity index (χ2v) is 9.98. The van der Waals surface area contributed by atoms with Crippen LogP contribution in [0.3, 0.4) is 0 Å². The van der Waals surface area contributed by atoms with Crippen LogP contribution in [0.25, 0.3) is 0 Å². The standard InChI is InChI=1S/C20H26F3N5O5S/c1-5-27-11-17(12(2)26-27)34(30,31)28-10-14(9-24)32-16-7-6-13(8-15(16)28)25-18(29)33-19(3,4)20(21,22)23/h6-8,11,14H,5,9-10,24H2,1-4H3,(H,25,29)/t14-/m0/s1. The van der Waals surface area contributed by atoms with Gasteiger partial charge in [0.1, 0.15) is 16.7 Å². The second kappa shape index (κ2) is 8.98. The first-order chi connectivity index (χ1) is 15.7. The minimum atomic E-state index is -4.78. The lowest BCUT2D eigenvalue weighted by Gasteiger charge is -2.35. The number of nitrogens with zero attached hydrogens (tertiary/aromatic N) is 3. The molecule has 14 heteroatoms. The van der Waals surface area contributed by atoms with Gasteiger partial charge in [-0.15, -0.1) is 0 Å². The molecule has 0 aliphatic carbocycles. The van der Waals surface area contributed by atoms with Gasteiger partial charge in [0.15, 0.2) is 0 Å². The Kier molecular flexibility index (Phi) is 6.77. The summed E-state index contributed by atoms with van der Waals surface area (Å²) in [4.78, 5) is 12.1. The molecule has 1 aromatic carbocycles. The van der Waals surface area contributed by atoms with Crippen molar-refractivity contribution in [3.05, 3.63) is 30.1 Å². The molecule has 0 spiro atoms. The van der Waals surface area contributed by atoms with E-state index in [2.05, 4.69) is 15.2 Å². The lowest BCUT2D eigenvalue weighted by Crippen LogP contribution is -2.46. The summed E-state index contributed by atoms with van der Waals surface area (Å²) in [6.45, 7) is 5.20. The van der Waals surface area contributed by atoms with Gasteiger partial charge in [-0.3, -0.25) is 14.3 Å². The molecule has 0 unspecified atom stereocenters. The lowest BCUT2D eigenvalue weighted by molar-refractivity contribution is -0.242. The smallest absolute Gasteiger partial charge is 0.427 e. The van der Waals surface area contributed by atoms with Gasteiger partial charge in [-0.1, -0.05) is 0 Å². The number of anilines is 2. The Labute approximate surface area is 194 Å². The molecule has 1 amide bonds. The number of amides is 1. The highest BCUT2D eigenvalue weighted by Crippen LogP contribution is 2.39. The average Bonchev–Trinajstić information content (AvgIpc) is 3.13. The third-order valence-electron chi connectivity index (χ3n) is 5.22. The van der Waals surface area contributed by atoms with E-state index in [1.807, 2.05) is 6.92 Å². The van der Waals surface area contributed by atoms with Crippen molar-refractivity contribution in [2.75, 3.05) is 22.7 Å². The molecular formula is C20H26F3N5O5S. The van der Waals surface area contributed by atoms with Gasteiger partial charge in [0.05, 0.1) is 17.9 Å². The van der Waals surface area contributed by atoms with Crippen LogP contribution in [0.5, 0.6) is 5.75 Å². The van der Waals surface area contributed by atoms with E-state index in [1.165, 1.54) is 29.1 Å². The third kappa shape index (κ3) is 4.92. The van der Waals surface area contributed by atoms with E-state index in [1.54, 1.807) is 6.92 Å². The number of nitrogens with two attached hydrogens (primary N) is 1. The van der Waals surface area contributed by atoms with E-state index < -0.39 is 34.0 Å². The van der Waals surface area contributed by atoms with Gasteiger partial charge in [0.2, 0.25) is 5.60 Å². The zero-order valence-electron chi connectivity index (χ0n) is 19.0. The fraction of sp³-hybridized carbons (Fsp3) is 0.500. The number of alkyl halides is 3. The summed E-state index contributed by atoms with van der Waals surface area (Å²) in [7, 11) is -4.11. The van der Waals surface area contributed by atoms with Crippen LogP contribution < -0.4 is 20.1 Å². The van der Waals surface area contributed by atoms with Gasteiger partial charge in [-0.05, 0) is 45.9 Å². The summed E-state index contributed by atoms with van der Waals surface area (Å²) in [5.74, 6) is 0.181. The molecule has 2 aromatic rings. The monoisotopic (exact) mass is 505 g/mol. The molecule has 3 rings (SSSR count). The molecule has 3 N–H and O–H groups in total. The number of benzene rings is 1. The zero-order valence-corrected chi connectivity index (χ0v) is 19.8. The van der Waals surface area contributed by atoms with Gasteiger partial charge in [-0.25, -0.2) is 13.2 Å². The van der Waals surface area contributed by atoms with E-state index in [-0.39, 0.29) is 35.1 Å². The topological polar surface area (TPSA) is 129 Å². The van der Waals surface area contributed by atoms with E-state index >= 15 is 0 Å². The third-order valence-corrected chi connectivity index (χ3v) is 7.11. The molecule has 0 radical (unpaired) electrons. The number of ether oxygens (including phenoxy) is 2. The SMILES string of the molecule is CCn1cc(S(=O)(=O)N2C[C@H](CN)Oc3ccc(NC(=O)OC(C)(C)C(F)(F)F)cc32)c(C)n1. The Morgan fingerprint density at radius 1 is 1.35 bits per heavy atom. The molecule has 10 nitrogen and oxygen atoms in total. The van der Waals surface area contributed by atoms with E-state index in [4.69, 9.17) is 10.5 Å². The number of hydrogen-bond acceptors (Lipinski definition) is 7. The molecule has 0 saturated heterocycles. The van der Waals surface area contributed by atoms with Gasteiger partial charge in [0, 0.05) is 25.0 Å². The van der Waals surface area contributed by atoms with Crippen molar-refractivity contribution in [3.8, 4) is 5.75 Å². The number of halogens is 3. The molecule has 0 fully saturated rings. The van der Waals surface area contributed by atoms with Crippen LogP contribution in [0.1, 0.15) is 26.5 Å². The van der Waals surface area contributed by atoms with Gasteiger partial charge >= 0.3 is 12.3 Å². The number of aromatic nitrogens is 2. The number of aryl methyl sites for hydroxylation is 2. The number of fused-ring (bicyclic) bond motifs is 1. The average molecular weight is 506 g/mol. The van der Waals surface area contributed by atoms with E-state index in [0.29, 0.717) is 26.1 Å². The molecule has 34 heavy (non-hydrogen) atoms. The maximum atomic E-state index is 13.5. The Hall–Kier alpha value is -3.00. The first kappa shape index (κ1) is 25.6. The van der Waals surface area contributed by atoms with Crippen molar-refractivity contribution in [1.82, 2.24) is 9.78 Å². The summed E-state index contributed by atoms with van der Waals surface area (Å²) < 4.78 is 78.9. The molecule has 1 aliphatic rings. The quantitative estimate of drug-likeness (QED) is 0.618. The van der Waals surface area contributed by atoms with Crippen LogP contribution in [0, 0.1) is 6.92 Å². The number of sulfonamides is 1. The molecular weight excluding hydrogens is 479 g/mol. The molecule has 2 heterocycles. The Bertz CT molecular complexity index is 1180. The van der Waals surface area contributed by atoms with Crippen molar-refractivity contribution in [2.24, 2.45) is 5.73 Å². The molecule has 1 atom stereocenters. The summed E-state index contributed by atoms with van der Waals surface area (Å²) in [6.07, 6.45) is -5.36. The molecule has 1 aromatic heterocycles. The Balaban J connectivity index is 1.96. The number of nitrogens with one attached hydrogen (secondary N) is 1. The molecule has 188 valence electrons. The van der Waals surface area contributed by atoms with Crippen LogP contribution >= 0.6 is 0 Å². The molecule has 0 bridgehead atoms. The van der Waals surface area contributed by atoms with Crippen LogP contribution in [-0.4, -0.2) is 55.3 Å². The first-order valence-corrected chi connectivity index (χ1v) is 11.8. The summed E-state index contributed by atoms with van der Waals surface area (Å²) in [5.41, 5.74) is 3.39. The highest BCUT2D eigenvalue weighted by atomic mass is 32.2. The predicted octanol–water partition coefficient (Wildman–Crippen LogP) is 3.02. The molecule has 1 aliphatic heterocycles. The van der Waals surface area contributed by atoms with Gasteiger partial charge in [-0.2, -0.15) is 18.3 Å². The van der Waals surface area contributed by atoms with Crippen LogP contribution in [-0.2, 0) is 21.3 Å². The predicted molar refractivity (Wildman–Crippen MR) is 117 cm³/mol. The van der Waals surface area contributed by atoms with Crippen LogP contribution in [0.15, 0.2) is 29.3 Å². The van der Waals surface area contributed by atoms with Crippen LogP contribution in [0.4, 0.5) is 29.3 Å². The number of carbonyl (C=O) groups is 1. The number of hydrogen-bond donors (Lipinski definition) is 2. The summed E-state index contributed by atoms with van der Waals surface area (Å²) in [5, 5.41) is 6.39. The summed E-state index contributed by atoms with van der Waals surface area (Å²) in [6, 6.07) is 4.03. The van der Waals surface area contributed by atoms with E-state index in [9.17, 15) is 26.4 Å². The van der Waals surface area contributed by atoms with Crippen molar-refractivity contribution in [1.29, 1.82) is 0 Å². The minimum absolute atomic E-state index is 0.0114. The largest absolute Gasteiger partial charge is 0.485 e. The minimum Gasteiger partial charge on any atom is -0.485 e. The van der Waals surface area contributed by atoms with Crippen molar-refractivity contribution < 1.29 is 35.9 Å². The number of rotatable bonds is 6. The highest BCUT2D eigenvalue weighted by Gasteiger charge is 2.51. The maximum Gasteiger partial charge on any atom is 0.427 e. The normalized spacial score (nSPS) is 16.6. The molecule has 0 saturated carbocycles. The highest BCUT2D eigenvalue weighted by molar-refractivity contribution is 7.92. The van der Waals surface area contributed by atoms with Crippen molar-refractivity contribution >= 4 is 27.5 Å². The van der Waals surface area contributed by atoms with Gasteiger partial charge < -0.3 is 15.2 Å². The summed E-state index contributed by atoms with van der Waals surface area (Å²) >= 11 is 0. The van der Waals surface area contributed by atoms with Gasteiger partial charge in [0.25, 0.3) is 10.0 Å². The Morgan fingerprint density at radius 3 is 2.59 bits per heavy atom. The lowest BCUT2D eigenvalue weighted by atomic mass is 10.1. The maximum absolute atomic E-state index is 13.5. The van der Waals surface area contributed by atoms with Crippen molar-refractivity contribution in [3.63, 3.8) is 0 Å². The number of carbonyl (C=O) groups excluding carboxylic acids is 1. The second-order valence-electron chi connectivity index (χ2n) is 8.15. The van der Waals surface area contributed by atoms with Crippen LogP contribution in [0.2, 0.25) is 0 Å². The zero-order chi connectivity index (χ0) is 25.5. The van der Waals surface area contributed by atoms with E-state index in [0.717, 1.165) is 4.31 Å². The fourth-order valence-electron chi connectivity index (χ4n) is 3.21. The first-order valence-electron chi connectivity index (χ1n) is 10.3.